The van der Waals surface area contributed by atoms with Gasteiger partial charge in [-0.25, -0.2) is 0 Å². The fourth-order valence-electron chi connectivity index (χ4n) is 2.94. The third-order valence-corrected chi connectivity index (χ3v) is 5.46. The highest BCUT2D eigenvalue weighted by Crippen LogP contribution is 2.28. The summed E-state index contributed by atoms with van der Waals surface area (Å²) in [5.74, 6) is 1.26. The van der Waals surface area contributed by atoms with Crippen molar-refractivity contribution in [2.45, 2.75) is 18.5 Å². The predicted octanol–water partition coefficient (Wildman–Crippen LogP) is 4.85. The number of amides is 1. The molecule has 7 nitrogen and oxygen atoms in total. The summed E-state index contributed by atoms with van der Waals surface area (Å²) in [7, 11) is 0. The van der Waals surface area contributed by atoms with E-state index < -0.39 is 0 Å². The van der Waals surface area contributed by atoms with E-state index >= 15 is 0 Å². The molecule has 0 unspecified atom stereocenters. The number of para-hydroxylation sites is 1. The first kappa shape index (κ1) is 20.6. The van der Waals surface area contributed by atoms with Crippen LogP contribution in [0.3, 0.4) is 0 Å². The third-order valence-electron chi connectivity index (χ3n) is 4.53. The molecule has 0 fully saturated rings. The van der Waals surface area contributed by atoms with E-state index in [1.165, 1.54) is 11.8 Å². The summed E-state index contributed by atoms with van der Waals surface area (Å²) in [4.78, 5) is 24.2. The molecule has 2 heterocycles. The van der Waals surface area contributed by atoms with Gasteiger partial charge >= 0.3 is 0 Å². The minimum Gasteiger partial charge on any atom is -0.461 e. The van der Waals surface area contributed by atoms with Crippen molar-refractivity contribution in [3.05, 3.63) is 78.6 Å². The number of benzene rings is 2. The maximum atomic E-state index is 12.7. The monoisotopic (exact) mass is 432 g/mol. The lowest BCUT2D eigenvalue weighted by atomic mass is 10.1. The number of carbonyl (C=O) groups excluding carboxylic acids is 2. The van der Waals surface area contributed by atoms with Crippen LogP contribution in [-0.2, 0) is 4.79 Å². The molecule has 0 aliphatic rings. The van der Waals surface area contributed by atoms with Gasteiger partial charge < -0.3 is 9.73 Å². The molecular formula is C23H20N4O3S. The Balaban J connectivity index is 1.52. The Morgan fingerprint density at radius 3 is 2.45 bits per heavy atom. The number of Topliss-reactive ketones (excluding diaryl/α,β-unsaturated/α-hetero) is 1. The fourth-order valence-corrected chi connectivity index (χ4v) is 3.79. The molecule has 0 atom stereocenters. The number of anilines is 1. The highest BCUT2D eigenvalue weighted by atomic mass is 32.2. The summed E-state index contributed by atoms with van der Waals surface area (Å²) in [6.45, 7) is 1.79. The Morgan fingerprint density at radius 1 is 1.00 bits per heavy atom. The van der Waals surface area contributed by atoms with Crippen LogP contribution in [0.2, 0.25) is 0 Å². The van der Waals surface area contributed by atoms with Crippen LogP contribution in [0.25, 0.3) is 17.3 Å². The highest BCUT2D eigenvalue weighted by Gasteiger charge is 2.19. The van der Waals surface area contributed by atoms with Gasteiger partial charge in [0, 0.05) is 23.4 Å². The molecule has 1 amide bonds. The first-order chi connectivity index (χ1) is 15.2. The molecule has 156 valence electrons. The molecule has 4 rings (SSSR count). The van der Waals surface area contributed by atoms with Crippen LogP contribution < -0.4 is 5.32 Å². The predicted molar refractivity (Wildman–Crippen MR) is 119 cm³/mol. The Kier molecular flexibility index (Phi) is 6.28. The van der Waals surface area contributed by atoms with Crippen LogP contribution in [0.1, 0.15) is 23.7 Å². The summed E-state index contributed by atoms with van der Waals surface area (Å²) >= 11 is 1.31. The molecule has 0 saturated heterocycles. The smallest absolute Gasteiger partial charge is 0.224 e. The van der Waals surface area contributed by atoms with E-state index in [9.17, 15) is 9.59 Å². The zero-order valence-corrected chi connectivity index (χ0v) is 17.6. The quantitative estimate of drug-likeness (QED) is 0.316. The van der Waals surface area contributed by atoms with Gasteiger partial charge in [-0.1, -0.05) is 36.9 Å². The Hall–Kier alpha value is -3.65. The van der Waals surface area contributed by atoms with E-state index in [-0.39, 0.29) is 17.4 Å². The highest BCUT2D eigenvalue weighted by molar-refractivity contribution is 7.99. The lowest BCUT2D eigenvalue weighted by Gasteiger charge is -2.09. The molecule has 0 aliphatic heterocycles. The van der Waals surface area contributed by atoms with Crippen LogP contribution in [0.15, 0.2) is 82.6 Å². The Labute approximate surface area is 183 Å². The Bertz CT molecular complexity index is 1170. The molecule has 2 aromatic carbocycles. The van der Waals surface area contributed by atoms with E-state index in [0.717, 1.165) is 5.69 Å². The molecule has 0 saturated carbocycles. The number of aromatic nitrogens is 3. The summed E-state index contributed by atoms with van der Waals surface area (Å²) in [6, 6.07) is 20.2. The average molecular weight is 433 g/mol. The van der Waals surface area contributed by atoms with Crippen molar-refractivity contribution >= 4 is 29.1 Å². The van der Waals surface area contributed by atoms with Gasteiger partial charge in [0.25, 0.3) is 0 Å². The molecule has 0 bridgehead atoms. The summed E-state index contributed by atoms with van der Waals surface area (Å²) in [6.07, 6.45) is 1.99. The van der Waals surface area contributed by atoms with Crippen molar-refractivity contribution in [2.75, 3.05) is 11.1 Å². The topological polar surface area (TPSA) is 90.0 Å². The first-order valence-electron chi connectivity index (χ1n) is 9.76. The zero-order valence-electron chi connectivity index (χ0n) is 16.8. The van der Waals surface area contributed by atoms with Crippen LogP contribution in [0.5, 0.6) is 0 Å². The largest absolute Gasteiger partial charge is 0.461 e. The van der Waals surface area contributed by atoms with Crippen molar-refractivity contribution in [3.63, 3.8) is 0 Å². The first-order valence-corrected chi connectivity index (χ1v) is 10.7. The molecule has 31 heavy (non-hydrogen) atoms. The number of thioether (sulfide) groups is 1. The van der Waals surface area contributed by atoms with Crippen molar-refractivity contribution < 1.29 is 14.0 Å². The molecular weight excluding hydrogens is 412 g/mol. The average Bonchev–Trinajstić information content (AvgIpc) is 3.48. The van der Waals surface area contributed by atoms with Gasteiger partial charge in [-0.3, -0.25) is 14.2 Å². The van der Waals surface area contributed by atoms with Crippen molar-refractivity contribution in [3.8, 4) is 17.3 Å². The van der Waals surface area contributed by atoms with Gasteiger partial charge in [-0.05, 0) is 48.5 Å². The summed E-state index contributed by atoms with van der Waals surface area (Å²) in [5, 5.41) is 11.9. The van der Waals surface area contributed by atoms with Crippen molar-refractivity contribution in [2.24, 2.45) is 0 Å². The number of nitrogens with one attached hydrogen (secondary N) is 1. The number of rotatable bonds is 8. The number of furan rings is 1. The maximum Gasteiger partial charge on any atom is 0.224 e. The molecule has 0 spiro atoms. The van der Waals surface area contributed by atoms with E-state index in [1.54, 1.807) is 43.5 Å². The van der Waals surface area contributed by atoms with E-state index in [1.807, 2.05) is 41.0 Å². The standard InChI is InChI=1S/C23H20N4O3S/c1-2-21(29)24-17-12-10-16(11-13-17)19(28)15-31-23-26-25-22(20-9-6-14-30-20)27(23)18-7-4-3-5-8-18/h3-14H,2,15H2,1H3,(H,24,29). The second-order valence-electron chi connectivity index (χ2n) is 6.65. The number of carbonyl (C=O) groups is 2. The van der Waals surface area contributed by atoms with E-state index in [2.05, 4.69) is 15.5 Å². The summed E-state index contributed by atoms with van der Waals surface area (Å²) in [5.41, 5.74) is 2.12. The van der Waals surface area contributed by atoms with Crippen LogP contribution in [0.4, 0.5) is 5.69 Å². The van der Waals surface area contributed by atoms with Gasteiger partial charge in [-0.2, -0.15) is 0 Å². The van der Waals surface area contributed by atoms with Crippen molar-refractivity contribution in [1.82, 2.24) is 14.8 Å². The minimum atomic E-state index is -0.0674. The molecule has 4 aromatic rings. The van der Waals surface area contributed by atoms with Gasteiger partial charge in [-0.15, -0.1) is 10.2 Å². The zero-order chi connectivity index (χ0) is 21.6. The normalized spacial score (nSPS) is 10.7. The van der Waals surface area contributed by atoms with Gasteiger partial charge in [0.1, 0.15) is 0 Å². The molecule has 0 aliphatic carbocycles. The van der Waals surface area contributed by atoms with Gasteiger partial charge in [0.2, 0.25) is 11.7 Å². The second-order valence-corrected chi connectivity index (χ2v) is 7.59. The SMILES string of the molecule is CCC(=O)Nc1ccc(C(=O)CSc2nnc(-c3ccco3)n2-c2ccccc2)cc1. The molecule has 8 heteroatoms. The number of ketones is 1. The number of nitrogens with zero attached hydrogens (tertiary/aromatic N) is 3. The van der Waals surface area contributed by atoms with Crippen molar-refractivity contribution in [1.29, 1.82) is 0 Å². The number of hydrogen-bond donors (Lipinski definition) is 1. The molecule has 0 radical (unpaired) electrons. The lowest BCUT2D eigenvalue weighted by molar-refractivity contribution is -0.115. The number of hydrogen-bond acceptors (Lipinski definition) is 6. The second kappa shape index (κ2) is 9.44. The Morgan fingerprint density at radius 2 is 1.77 bits per heavy atom. The van der Waals surface area contributed by atoms with Crippen LogP contribution in [-0.4, -0.2) is 32.2 Å². The summed E-state index contributed by atoms with van der Waals surface area (Å²) < 4.78 is 7.38. The third kappa shape index (κ3) is 4.75. The van der Waals surface area contributed by atoms with Gasteiger partial charge in [0.05, 0.1) is 12.0 Å². The van der Waals surface area contributed by atoms with Gasteiger partial charge in [0.15, 0.2) is 16.7 Å². The molecule has 1 N–H and O–H groups in total. The maximum absolute atomic E-state index is 12.7. The minimum absolute atomic E-state index is 0.0412. The van der Waals surface area contributed by atoms with Crippen LogP contribution >= 0.6 is 11.8 Å². The molecule has 2 aromatic heterocycles. The fraction of sp³-hybridized carbons (Fsp3) is 0.130. The lowest BCUT2D eigenvalue weighted by Crippen LogP contribution is -2.10. The van der Waals surface area contributed by atoms with E-state index in [0.29, 0.717) is 34.4 Å². The van der Waals surface area contributed by atoms with E-state index in [4.69, 9.17) is 4.42 Å². The van der Waals surface area contributed by atoms with Crippen LogP contribution in [0, 0.1) is 0 Å².